The minimum absolute atomic E-state index is 0.0368. The molecule has 2 aliphatic heterocycles. The average Bonchev–Trinajstić information content (AvgIpc) is 2.38. The van der Waals surface area contributed by atoms with Gasteiger partial charge in [-0.15, -0.1) is 6.42 Å². The fraction of sp³-hybridized carbons (Fsp3) is 0.529. The van der Waals surface area contributed by atoms with Gasteiger partial charge < -0.3 is 9.47 Å². The topological polar surface area (TPSA) is 18.5 Å². The summed E-state index contributed by atoms with van der Waals surface area (Å²) in [6.07, 6.45) is 7.60. The van der Waals surface area contributed by atoms with Gasteiger partial charge in [0.25, 0.3) is 0 Å². The van der Waals surface area contributed by atoms with Crippen LogP contribution in [0, 0.1) is 18.3 Å². The highest BCUT2D eigenvalue weighted by Gasteiger charge is 2.49. The van der Waals surface area contributed by atoms with E-state index in [9.17, 15) is 0 Å². The number of terminal acetylenes is 1. The van der Waals surface area contributed by atoms with Gasteiger partial charge in [-0.2, -0.15) is 0 Å². The quantitative estimate of drug-likeness (QED) is 0.659. The van der Waals surface area contributed by atoms with Crippen LogP contribution in [0.15, 0.2) is 24.3 Å². The van der Waals surface area contributed by atoms with E-state index in [-0.39, 0.29) is 11.7 Å². The third-order valence-electron chi connectivity index (χ3n) is 4.48. The highest BCUT2D eigenvalue weighted by molar-refractivity contribution is 5.39. The monoisotopic (exact) mass is 256 g/mol. The summed E-state index contributed by atoms with van der Waals surface area (Å²) in [5, 5.41) is 0. The molecule has 100 valence electrons. The zero-order chi connectivity index (χ0) is 13.7. The number of fused-ring (bicyclic) bond motifs is 3. The van der Waals surface area contributed by atoms with Crippen molar-refractivity contribution in [3.8, 4) is 18.1 Å². The Bertz CT molecular complexity index is 540. The van der Waals surface area contributed by atoms with Crippen LogP contribution in [0.3, 0.4) is 0 Å². The molecule has 0 saturated carbocycles. The van der Waals surface area contributed by atoms with Crippen molar-refractivity contribution in [2.45, 2.75) is 50.9 Å². The second-order valence-electron chi connectivity index (χ2n) is 6.30. The second-order valence-corrected chi connectivity index (χ2v) is 6.30. The number of ether oxygens (including phenoxy) is 2. The molecule has 1 saturated heterocycles. The van der Waals surface area contributed by atoms with Crippen LogP contribution in [0.5, 0.6) is 5.75 Å². The van der Waals surface area contributed by atoms with Gasteiger partial charge in [-0.3, -0.25) is 0 Å². The van der Waals surface area contributed by atoms with Crippen molar-refractivity contribution in [3.05, 3.63) is 29.8 Å². The van der Waals surface area contributed by atoms with Crippen LogP contribution in [0.25, 0.3) is 0 Å². The van der Waals surface area contributed by atoms with Crippen LogP contribution in [-0.2, 0) is 4.74 Å². The van der Waals surface area contributed by atoms with Gasteiger partial charge in [0, 0.05) is 11.5 Å². The number of para-hydroxylation sites is 1. The summed E-state index contributed by atoms with van der Waals surface area (Å²) in [5.41, 5.74) is 0.462. The first-order chi connectivity index (χ1) is 8.95. The van der Waals surface area contributed by atoms with E-state index in [4.69, 9.17) is 15.9 Å². The van der Waals surface area contributed by atoms with Gasteiger partial charge in [0.15, 0.2) is 0 Å². The maximum absolute atomic E-state index is 6.27. The van der Waals surface area contributed by atoms with Gasteiger partial charge in [-0.05, 0) is 39.7 Å². The van der Waals surface area contributed by atoms with E-state index < -0.39 is 5.60 Å². The van der Waals surface area contributed by atoms with E-state index in [2.05, 4.69) is 25.8 Å². The number of benzene rings is 1. The summed E-state index contributed by atoms with van der Waals surface area (Å²) in [5.74, 6) is 4.09. The molecular formula is C17H20O2. The van der Waals surface area contributed by atoms with Crippen LogP contribution in [0.1, 0.15) is 45.3 Å². The molecule has 0 spiro atoms. The summed E-state index contributed by atoms with van der Waals surface area (Å²) in [7, 11) is 0. The van der Waals surface area contributed by atoms with Crippen molar-refractivity contribution in [2.24, 2.45) is 5.92 Å². The van der Waals surface area contributed by atoms with Gasteiger partial charge in [-0.1, -0.05) is 24.1 Å². The van der Waals surface area contributed by atoms with Crippen LogP contribution in [0.4, 0.5) is 0 Å². The Morgan fingerprint density at radius 3 is 2.74 bits per heavy atom. The first-order valence-electron chi connectivity index (χ1n) is 6.89. The molecule has 1 aromatic carbocycles. The van der Waals surface area contributed by atoms with E-state index >= 15 is 0 Å². The van der Waals surface area contributed by atoms with Gasteiger partial charge in [0.2, 0.25) is 0 Å². The smallest absolute Gasteiger partial charge is 0.126 e. The fourth-order valence-corrected chi connectivity index (χ4v) is 3.27. The first kappa shape index (κ1) is 12.6. The molecule has 2 heterocycles. The molecule has 2 aliphatic rings. The van der Waals surface area contributed by atoms with Crippen molar-refractivity contribution < 1.29 is 9.47 Å². The molecule has 0 aromatic heterocycles. The van der Waals surface area contributed by atoms with Crippen LogP contribution < -0.4 is 4.74 Å². The van der Waals surface area contributed by atoms with Gasteiger partial charge in [0.05, 0.1) is 6.10 Å². The lowest BCUT2D eigenvalue weighted by Crippen LogP contribution is -2.50. The van der Waals surface area contributed by atoms with Crippen molar-refractivity contribution in [2.75, 3.05) is 0 Å². The average molecular weight is 256 g/mol. The molecule has 1 fully saturated rings. The second kappa shape index (κ2) is 4.02. The maximum atomic E-state index is 6.27. The molecule has 0 amide bonds. The molecule has 0 aliphatic carbocycles. The predicted molar refractivity (Wildman–Crippen MR) is 74.9 cm³/mol. The Hall–Kier alpha value is -1.46. The Morgan fingerprint density at radius 1 is 1.26 bits per heavy atom. The van der Waals surface area contributed by atoms with E-state index in [0.29, 0.717) is 5.92 Å². The molecule has 3 atom stereocenters. The lowest BCUT2D eigenvalue weighted by atomic mass is 9.73. The zero-order valence-electron chi connectivity index (χ0n) is 11.8. The molecule has 2 nitrogen and oxygen atoms in total. The SMILES string of the molecule is C#C[C@@]1(C)CC[C@H]2[C@H](O1)c1ccccc1OC2(C)C. The Morgan fingerprint density at radius 2 is 2.00 bits per heavy atom. The summed E-state index contributed by atoms with van der Waals surface area (Å²) >= 11 is 0. The van der Waals surface area contributed by atoms with Crippen LogP contribution in [0.2, 0.25) is 0 Å². The van der Waals surface area contributed by atoms with Crippen molar-refractivity contribution in [3.63, 3.8) is 0 Å². The fourth-order valence-electron chi connectivity index (χ4n) is 3.27. The molecule has 19 heavy (non-hydrogen) atoms. The highest BCUT2D eigenvalue weighted by Crippen LogP contribution is 2.52. The first-order valence-corrected chi connectivity index (χ1v) is 6.89. The maximum Gasteiger partial charge on any atom is 0.126 e. The lowest BCUT2D eigenvalue weighted by molar-refractivity contribution is -0.169. The molecule has 0 N–H and O–H groups in total. The van der Waals surface area contributed by atoms with E-state index in [1.807, 2.05) is 25.1 Å². The molecule has 0 unspecified atom stereocenters. The summed E-state index contributed by atoms with van der Waals surface area (Å²) in [6.45, 7) is 6.29. The Kier molecular flexibility index (Phi) is 2.66. The Labute approximate surface area is 115 Å². The summed E-state index contributed by atoms with van der Waals surface area (Å²) in [6, 6.07) is 8.13. The molecule has 2 heteroatoms. The number of hydrogen-bond acceptors (Lipinski definition) is 2. The third kappa shape index (κ3) is 1.93. The van der Waals surface area contributed by atoms with Crippen molar-refractivity contribution in [1.82, 2.24) is 0 Å². The lowest BCUT2D eigenvalue weighted by Gasteiger charge is -2.50. The summed E-state index contributed by atoms with van der Waals surface area (Å²) in [4.78, 5) is 0. The minimum atomic E-state index is -0.457. The standard InChI is InChI=1S/C17H20O2/c1-5-17(4)11-10-13-15(19-17)12-8-6-7-9-14(12)18-16(13,2)3/h1,6-9,13,15H,10-11H2,2-4H3/t13-,15+,17-/m0/s1. The van der Waals surface area contributed by atoms with Gasteiger partial charge in [-0.25, -0.2) is 0 Å². The van der Waals surface area contributed by atoms with E-state index in [1.165, 1.54) is 0 Å². The van der Waals surface area contributed by atoms with Crippen LogP contribution >= 0.6 is 0 Å². The zero-order valence-corrected chi connectivity index (χ0v) is 11.8. The number of hydrogen-bond donors (Lipinski definition) is 0. The molecule has 1 aromatic rings. The predicted octanol–water partition coefficient (Wildman–Crippen LogP) is 3.72. The van der Waals surface area contributed by atoms with E-state index in [0.717, 1.165) is 24.2 Å². The highest BCUT2D eigenvalue weighted by atomic mass is 16.5. The molecular weight excluding hydrogens is 236 g/mol. The van der Waals surface area contributed by atoms with Gasteiger partial charge in [0.1, 0.15) is 17.0 Å². The van der Waals surface area contributed by atoms with Crippen molar-refractivity contribution >= 4 is 0 Å². The summed E-state index contributed by atoms with van der Waals surface area (Å²) < 4.78 is 12.4. The molecule has 3 rings (SSSR count). The molecule has 0 bridgehead atoms. The Balaban J connectivity index is 2.06. The molecule has 0 radical (unpaired) electrons. The van der Waals surface area contributed by atoms with E-state index in [1.54, 1.807) is 0 Å². The third-order valence-corrected chi connectivity index (χ3v) is 4.48. The van der Waals surface area contributed by atoms with Crippen LogP contribution in [-0.4, -0.2) is 11.2 Å². The van der Waals surface area contributed by atoms with Gasteiger partial charge >= 0.3 is 0 Å². The number of rotatable bonds is 0. The largest absolute Gasteiger partial charge is 0.487 e. The van der Waals surface area contributed by atoms with Crippen molar-refractivity contribution in [1.29, 1.82) is 0 Å². The normalized spacial score (nSPS) is 35.5. The minimum Gasteiger partial charge on any atom is -0.487 e.